The molecular weight excluding hydrogens is 440 g/mol. The Hall–Kier alpha value is -1.49. The second-order valence-corrected chi connectivity index (χ2v) is 10.5. The fraction of sp³-hybridized carbons (Fsp3) is 0. The highest BCUT2D eigenvalue weighted by Gasteiger charge is 2.27. The van der Waals surface area contributed by atoms with E-state index >= 15 is 0 Å². The average Bonchev–Trinajstić information content (AvgIpc) is 3.01. The van der Waals surface area contributed by atoms with Gasteiger partial charge >= 0.3 is 0 Å². The van der Waals surface area contributed by atoms with Crippen molar-refractivity contribution in [2.24, 2.45) is 0 Å². The van der Waals surface area contributed by atoms with Crippen molar-refractivity contribution in [2.45, 2.75) is 9.10 Å². The summed E-state index contributed by atoms with van der Waals surface area (Å²) in [5.41, 5.74) is 1.38. The third-order valence-corrected chi connectivity index (χ3v) is 8.23. The Balaban J connectivity index is 2.05. The fourth-order valence-corrected chi connectivity index (χ4v) is 6.69. The maximum absolute atomic E-state index is 13.4. The van der Waals surface area contributed by atoms with Crippen LogP contribution in [0.2, 0.25) is 10.2 Å². The van der Waals surface area contributed by atoms with Gasteiger partial charge < -0.3 is 0 Å². The second kappa shape index (κ2) is 7.16. The van der Waals surface area contributed by atoms with Gasteiger partial charge in [0, 0.05) is 16.0 Å². The minimum Gasteiger partial charge on any atom is -0.225 e. The first-order valence-corrected chi connectivity index (χ1v) is 11.5. The molecule has 0 amide bonds. The Morgan fingerprint density at radius 2 is 1.70 bits per heavy atom. The Morgan fingerprint density at radius 3 is 2.41 bits per heavy atom. The molecule has 136 valence electrons. The van der Waals surface area contributed by atoms with Crippen LogP contribution >= 0.6 is 43.8 Å². The number of hydrogen-bond donors (Lipinski definition) is 0. The molecule has 0 saturated heterocycles. The molecule has 0 saturated carbocycles. The lowest BCUT2D eigenvalue weighted by Gasteiger charge is -2.08. The molecule has 4 aromatic rings. The van der Waals surface area contributed by atoms with Gasteiger partial charge in [0.1, 0.15) is 14.2 Å². The highest BCUT2D eigenvalue weighted by molar-refractivity contribution is 7.93. The van der Waals surface area contributed by atoms with Crippen molar-refractivity contribution in [3.8, 4) is 11.1 Å². The number of thiophene rings is 1. The predicted molar refractivity (Wildman–Crippen MR) is 116 cm³/mol. The number of aromatic nitrogens is 1. The summed E-state index contributed by atoms with van der Waals surface area (Å²) in [7, 11) is -1.22. The summed E-state index contributed by atoms with van der Waals surface area (Å²) in [5.74, 6) is 0. The minimum absolute atomic E-state index is 0.239. The summed E-state index contributed by atoms with van der Waals surface area (Å²) < 4.78 is 27.1. The number of halogens is 2. The zero-order valence-electron chi connectivity index (χ0n) is 13.7. The first kappa shape index (κ1) is 18.9. The van der Waals surface area contributed by atoms with E-state index in [1.165, 1.54) is 0 Å². The number of fused-ring (bicyclic) bond motifs is 1. The Bertz CT molecular complexity index is 1270. The van der Waals surface area contributed by atoms with Crippen molar-refractivity contribution in [3.05, 3.63) is 70.8 Å². The van der Waals surface area contributed by atoms with E-state index in [2.05, 4.69) is 14.2 Å². The zero-order chi connectivity index (χ0) is 19.2. The summed E-state index contributed by atoms with van der Waals surface area (Å²) in [6, 6.07) is 17.3. The van der Waals surface area contributed by atoms with Crippen LogP contribution in [0.1, 0.15) is 0 Å². The van der Waals surface area contributed by atoms with Gasteiger partial charge in [-0.15, -0.1) is 20.6 Å². The summed E-state index contributed by atoms with van der Waals surface area (Å²) in [6.45, 7) is 0. The molecule has 1 atom stereocenters. The average molecular weight is 452 g/mol. The number of benzene rings is 2. The standard InChI is InChI=1S/C19H12Cl2NO2PS2/c20-12-6-4-11(5-7-12)17-15-8-9-16(21)22-18(15)26-19(17)27(23,24)14-3-1-2-13(25)10-14/h1-10H,25H2. The molecule has 4 rings (SSSR count). The summed E-state index contributed by atoms with van der Waals surface area (Å²) in [6.07, 6.45) is 0. The van der Waals surface area contributed by atoms with Crippen LogP contribution in [0, 0.1) is 0 Å². The summed E-state index contributed by atoms with van der Waals surface area (Å²) >= 11 is 13.2. The van der Waals surface area contributed by atoms with Crippen molar-refractivity contribution < 1.29 is 8.42 Å². The first-order valence-electron chi connectivity index (χ1n) is 7.82. The van der Waals surface area contributed by atoms with Crippen LogP contribution in [0.5, 0.6) is 0 Å². The molecule has 2 heterocycles. The Labute approximate surface area is 173 Å². The van der Waals surface area contributed by atoms with E-state index in [-0.39, 0.29) is 9.10 Å². The first-order chi connectivity index (χ1) is 12.9. The molecule has 1 unspecified atom stereocenters. The van der Waals surface area contributed by atoms with Gasteiger partial charge in [-0.1, -0.05) is 47.5 Å². The fourth-order valence-electron chi connectivity index (χ4n) is 2.80. The molecule has 0 bridgehead atoms. The van der Waals surface area contributed by atoms with Gasteiger partial charge in [0.2, 0.25) is 9.84 Å². The number of hydrogen-bond acceptors (Lipinski definition) is 4. The van der Waals surface area contributed by atoms with Gasteiger partial charge in [0.25, 0.3) is 0 Å². The van der Waals surface area contributed by atoms with Crippen molar-refractivity contribution in [3.63, 3.8) is 0 Å². The van der Waals surface area contributed by atoms with E-state index in [9.17, 15) is 8.42 Å². The van der Waals surface area contributed by atoms with Gasteiger partial charge in [-0.25, -0.2) is 13.4 Å². The van der Waals surface area contributed by atoms with Crippen LogP contribution in [-0.4, -0.2) is 13.4 Å². The van der Waals surface area contributed by atoms with E-state index in [0.29, 0.717) is 20.6 Å². The normalized spacial score (nSPS) is 11.8. The molecule has 0 aliphatic rings. The monoisotopic (exact) mass is 451 g/mol. The minimum atomic E-state index is -3.74. The van der Waals surface area contributed by atoms with Gasteiger partial charge in [-0.3, -0.25) is 0 Å². The molecule has 8 heteroatoms. The molecule has 0 radical (unpaired) electrons. The van der Waals surface area contributed by atoms with E-state index in [0.717, 1.165) is 27.6 Å². The lowest BCUT2D eigenvalue weighted by molar-refractivity contribution is 0.598. The van der Waals surface area contributed by atoms with Crippen molar-refractivity contribution in [2.75, 3.05) is 0 Å². The summed E-state index contributed by atoms with van der Waals surface area (Å²) in [5, 5.41) is 2.45. The number of pyridine rings is 1. The van der Waals surface area contributed by atoms with Crippen LogP contribution in [0.4, 0.5) is 0 Å². The Kier molecular flexibility index (Phi) is 5.00. The van der Waals surface area contributed by atoms with E-state index in [1.54, 1.807) is 42.5 Å². The molecule has 2 aromatic carbocycles. The van der Waals surface area contributed by atoms with Crippen molar-refractivity contribution in [1.29, 1.82) is 0 Å². The molecule has 0 fully saturated rings. The van der Waals surface area contributed by atoms with E-state index in [1.807, 2.05) is 18.2 Å². The molecule has 0 N–H and O–H groups in total. The molecule has 0 spiro atoms. The van der Waals surface area contributed by atoms with Crippen molar-refractivity contribution in [1.82, 2.24) is 4.98 Å². The molecule has 3 nitrogen and oxygen atoms in total. The number of rotatable bonds is 3. The molecule has 0 aliphatic heterocycles. The molecule has 27 heavy (non-hydrogen) atoms. The lowest BCUT2D eigenvalue weighted by Crippen LogP contribution is -2.04. The molecule has 0 aliphatic carbocycles. The maximum Gasteiger partial charge on any atom is 0.216 e. The predicted octanol–water partition coefficient (Wildman–Crippen LogP) is 5.60. The molecular formula is C19H12Cl2NO2PS2. The summed E-state index contributed by atoms with van der Waals surface area (Å²) in [4.78, 5) is 5.13. The van der Waals surface area contributed by atoms with Gasteiger partial charge in [-0.2, -0.15) is 0 Å². The molecule has 2 aromatic heterocycles. The highest BCUT2D eigenvalue weighted by Crippen LogP contribution is 2.43. The quantitative estimate of drug-likeness (QED) is 0.300. The lowest BCUT2D eigenvalue weighted by atomic mass is 10.1. The van der Waals surface area contributed by atoms with E-state index < -0.39 is 9.84 Å². The SMILES string of the molecule is O=S(=O)(c1cccc(P)c1)c1sc2nc(Cl)ccc2c1-c1ccc(Cl)cc1. The van der Waals surface area contributed by atoms with Crippen LogP contribution in [0.25, 0.3) is 21.3 Å². The number of sulfone groups is 1. The topological polar surface area (TPSA) is 47.0 Å². The maximum atomic E-state index is 13.4. The van der Waals surface area contributed by atoms with E-state index in [4.69, 9.17) is 23.2 Å². The van der Waals surface area contributed by atoms with Gasteiger partial charge in [0.05, 0.1) is 4.90 Å². The zero-order valence-corrected chi connectivity index (χ0v) is 18.0. The third-order valence-electron chi connectivity index (χ3n) is 4.03. The highest BCUT2D eigenvalue weighted by atomic mass is 35.5. The van der Waals surface area contributed by atoms with Gasteiger partial charge in [-0.05, 0) is 47.3 Å². The number of nitrogens with zero attached hydrogens (tertiary/aromatic N) is 1. The van der Waals surface area contributed by atoms with Crippen LogP contribution in [0.3, 0.4) is 0 Å². The largest absolute Gasteiger partial charge is 0.225 e. The van der Waals surface area contributed by atoms with Crippen molar-refractivity contribution >= 4 is 69.1 Å². The van der Waals surface area contributed by atoms with Crippen LogP contribution < -0.4 is 5.30 Å². The van der Waals surface area contributed by atoms with Crippen LogP contribution in [0.15, 0.2) is 69.8 Å². The third kappa shape index (κ3) is 3.51. The second-order valence-electron chi connectivity index (χ2n) is 5.83. The van der Waals surface area contributed by atoms with Crippen LogP contribution in [-0.2, 0) is 9.84 Å². The smallest absolute Gasteiger partial charge is 0.216 e. The van der Waals surface area contributed by atoms with Gasteiger partial charge in [0.15, 0.2) is 0 Å². The Morgan fingerprint density at radius 1 is 0.963 bits per heavy atom.